The maximum absolute atomic E-state index is 13.3. The van der Waals surface area contributed by atoms with Crippen LogP contribution in [0.15, 0.2) is 48.5 Å². The van der Waals surface area contributed by atoms with E-state index in [1.54, 1.807) is 0 Å². The molecular formula is C33H39N3O2. The minimum absolute atomic E-state index is 0.0691. The molecule has 8 rings (SSSR count). The van der Waals surface area contributed by atoms with Crippen molar-refractivity contribution < 1.29 is 9.59 Å². The predicted octanol–water partition coefficient (Wildman–Crippen LogP) is 7.15. The molecule has 3 N–H and O–H groups in total. The van der Waals surface area contributed by atoms with Crippen LogP contribution in [-0.2, 0) is 4.79 Å². The number of carbonyl (C=O) groups is 2. The van der Waals surface area contributed by atoms with Crippen LogP contribution in [0.5, 0.6) is 0 Å². The average molecular weight is 510 g/mol. The second-order valence-electron chi connectivity index (χ2n) is 12.9. The highest BCUT2D eigenvalue weighted by molar-refractivity contribution is 5.99. The van der Waals surface area contributed by atoms with Gasteiger partial charge in [-0.15, -0.1) is 0 Å². The van der Waals surface area contributed by atoms with Gasteiger partial charge in [-0.25, -0.2) is 0 Å². The molecule has 198 valence electrons. The standard InChI is InChI=1S/C33H39N3O2/c1-19-2-4-23(5-3-19)32(37)34-28-9-6-22(7-10-28)30-18-25-17-24(8-11-29(25)35-30)33(38)36-31-26-13-20-12-21(15-26)16-27(31)14-20/h6-11,17-21,23,26-27,31,35H,2-5,12-16H2,1H3,(H,34,37)(H,36,38). The van der Waals surface area contributed by atoms with Crippen molar-refractivity contribution in [1.82, 2.24) is 10.3 Å². The largest absolute Gasteiger partial charge is 0.355 e. The molecule has 0 unspecified atom stereocenters. The molecule has 3 aromatic rings. The van der Waals surface area contributed by atoms with E-state index in [9.17, 15) is 9.59 Å². The van der Waals surface area contributed by atoms with Crippen LogP contribution < -0.4 is 10.6 Å². The van der Waals surface area contributed by atoms with Crippen molar-refractivity contribution in [2.24, 2.45) is 35.5 Å². The van der Waals surface area contributed by atoms with E-state index >= 15 is 0 Å². The van der Waals surface area contributed by atoms with Gasteiger partial charge in [0.25, 0.3) is 5.91 Å². The highest BCUT2D eigenvalue weighted by Gasteiger charge is 2.48. The number of nitrogens with one attached hydrogen (secondary N) is 3. The van der Waals surface area contributed by atoms with Gasteiger partial charge in [-0.2, -0.15) is 0 Å². The lowest BCUT2D eigenvalue weighted by atomic mass is 9.54. The number of anilines is 1. The molecule has 5 saturated carbocycles. The van der Waals surface area contributed by atoms with E-state index in [0.29, 0.717) is 17.9 Å². The number of carbonyl (C=O) groups excluding carboxylic acids is 2. The molecule has 0 aliphatic heterocycles. The second kappa shape index (κ2) is 9.59. The molecule has 5 aliphatic rings. The summed E-state index contributed by atoms with van der Waals surface area (Å²) in [6.45, 7) is 2.27. The number of H-pyrrole nitrogens is 1. The van der Waals surface area contributed by atoms with Gasteiger partial charge in [-0.1, -0.05) is 19.1 Å². The normalized spacial score (nSPS) is 31.9. The first-order chi connectivity index (χ1) is 18.5. The topological polar surface area (TPSA) is 74.0 Å². The molecule has 5 heteroatoms. The zero-order valence-corrected chi connectivity index (χ0v) is 22.3. The van der Waals surface area contributed by atoms with Gasteiger partial charge in [-0.3, -0.25) is 9.59 Å². The van der Waals surface area contributed by atoms with E-state index in [1.165, 1.54) is 32.1 Å². The lowest BCUT2D eigenvalue weighted by Crippen LogP contribution is -2.55. The summed E-state index contributed by atoms with van der Waals surface area (Å²) >= 11 is 0. The number of aromatic nitrogens is 1. The molecule has 0 radical (unpaired) electrons. The number of amides is 2. The van der Waals surface area contributed by atoms with Gasteiger partial charge in [0.1, 0.15) is 0 Å². The summed E-state index contributed by atoms with van der Waals surface area (Å²) in [5, 5.41) is 7.60. The molecule has 2 amide bonds. The highest BCUT2D eigenvalue weighted by Crippen LogP contribution is 2.53. The number of rotatable bonds is 5. The monoisotopic (exact) mass is 509 g/mol. The molecular weight excluding hydrogens is 470 g/mol. The van der Waals surface area contributed by atoms with Gasteiger partial charge in [0.15, 0.2) is 0 Å². The fourth-order valence-electron chi connectivity index (χ4n) is 8.32. The molecule has 0 spiro atoms. The number of benzene rings is 2. The summed E-state index contributed by atoms with van der Waals surface area (Å²) in [4.78, 5) is 29.4. The smallest absolute Gasteiger partial charge is 0.251 e. The fourth-order valence-corrected chi connectivity index (χ4v) is 8.32. The van der Waals surface area contributed by atoms with Crippen molar-refractivity contribution in [3.63, 3.8) is 0 Å². The molecule has 1 heterocycles. The third-order valence-electron chi connectivity index (χ3n) is 10.3. The van der Waals surface area contributed by atoms with Crippen LogP contribution in [-0.4, -0.2) is 22.8 Å². The zero-order valence-electron chi connectivity index (χ0n) is 22.3. The van der Waals surface area contributed by atoms with Crippen molar-refractivity contribution in [3.05, 3.63) is 54.1 Å². The van der Waals surface area contributed by atoms with Crippen molar-refractivity contribution >= 4 is 28.4 Å². The van der Waals surface area contributed by atoms with E-state index in [-0.39, 0.29) is 17.7 Å². The maximum Gasteiger partial charge on any atom is 0.251 e. The van der Waals surface area contributed by atoms with Crippen LogP contribution in [0.4, 0.5) is 5.69 Å². The first kappa shape index (κ1) is 24.0. The van der Waals surface area contributed by atoms with E-state index in [2.05, 4.69) is 28.6 Å². The van der Waals surface area contributed by atoms with Gasteiger partial charge in [-0.05, 0) is 129 Å². The molecule has 4 bridgehead atoms. The van der Waals surface area contributed by atoms with Crippen molar-refractivity contribution in [3.8, 4) is 11.3 Å². The third-order valence-corrected chi connectivity index (χ3v) is 10.3. The quantitative estimate of drug-likeness (QED) is 0.342. The average Bonchev–Trinajstić information content (AvgIpc) is 3.34. The predicted molar refractivity (Wildman–Crippen MR) is 152 cm³/mol. The summed E-state index contributed by atoms with van der Waals surface area (Å²) in [7, 11) is 0. The number of fused-ring (bicyclic) bond motifs is 1. The van der Waals surface area contributed by atoms with Gasteiger partial charge in [0.05, 0.1) is 0 Å². The minimum atomic E-state index is 0.0691. The molecule has 5 aliphatic carbocycles. The summed E-state index contributed by atoms with van der Waals surface area (Å²) in [5.41, 5.74) is 4.68. The summed E-state index contributed by atoms with van der Waals surface area (Å²) in [6, 6.07) is 16.5. The Labute approximate surface area is 225 Å². The van der Waals surface area contributed by atoms with Gasteiger partial charge in [0.2, 0.25) is 5.91 Å². The molecule has 5 nitrogen and oxygen atoms in total. The molecule has 5 fully saturated rings. The van der Waals surface area contributed by atoms with Crippen LogP contribution in [0.2, 0.25) is 0 Å². The highest BCUT2D eigenvalue weighted by atomic mass is 16.2. The minimum Gasteiger partial charge on any atom is -0.355 e. The van der Waals surface area contributed by atoms with E-state index < -0.39 is 0 Å². The third kappa shape index (κ3) is 4.54. The Balaban J connectivity index is 1.02. The first-order valence-electron chi connectivity index (χ1n) is 14.8. The van der Waals surface area contributed by atoms with E-state index in [0.717, 1.165) is 76.8 Å². The zero-order chi connectivity index (χ0) is 25.8. The number of hydrogen-bond donors (Lipinski definition) is 3. The maximum atomic E-state index is 13.3. The molecule has 2 aromatic carbocycles. The Morgan fingerprint density at radius 3 is 2.18 bits per heavy atom. The van der Waals surface area contributed by atoms with Crippen LogP contribution >= 0.6 is 0 Å². The van der Waals surface area contributed by atoms with Crippen LogP contribution in [0, 0.1) is 35.5 Å². The Bertz CT molecular complexity index is 1320. The molecule has 0 saturated heterocycles. The Kier molecular flexibility index (Phi) is 6.05. The van der Waals surface area contributed by atoms with E-state index in [4.69, 9.17) is 0 Å². The SMILES string of the molecule is CC1CCC(C(=O)Nc2ccc(-c3cc4cc(C(=O)NC5C6CC7CC(C6)CC5C7)ccc4[nH]3)cc2)CC1. The second-order valence-corrected chi connectivity index (χ2v) is 12.9. The first-order valence-corrected chi connectivity index (χ1v) is 14.8. The number of aromatic amines is 1. The molecule has 1 aromatic heterocycles. The Morgan fingerprint density at radius 1 is 0.816 bits per heavy atom. The molecule has 0 atom stereocenters. The van der Waals surface area contributed by atoms with Crippen molar-refractivity contribution in [2.45, 2.75) is 70.8 Å². The summed E-state index contributed by atoms with van der Waals surface area (Å²) in [5.74, 6) is 4.26. The van der Waals surface area contributed by atoms with Crippen molar-refractivity contribution in [2.75, 3.05) is 5.32 Å². The molecule has 38 heavy (non-hydrogen) atoms. The lowest BCUT2D eigenvalue weighted by Gasteiger charge is -2.54. The summed E-state index contributed by atoms with van der Waals surface area (Å²) < 4.78 is 0. The van der Waals surface area contributed by atoms with Crippen LogP contribution in [0.3, 0.4) is 0 Å². The van der Waals surface area contributed by atoms with Crippen LogP contribution in [0.25, 0.3) is 22.2 Å². The Hall–Kier alpha value is -3.08. The van der Waals surface area contributed by atoms with Gasteiger partial charge >= 0.3 is 0 Å². The van der Waals surface area contributed by atoms with Gasteiger partial charge in [0, 0.05) is 39.8 Å². The van der Waals surface area contributed by atoms with Crippen LogP contribution in [0.1, 0.15) is 75.1 Å². The lowest BCUT2D eigenvalue weighted by molar-refractivity contribution is -0.121. The van der Waals surface area contributed by atoms with Crippen molar-refractivity contribution in [1.29, 1.82) is 0 Å². The number of hydrogen-bond acceptors (Lipinski definition) is 2. The van der Waals surface area contributed by atoms with Gasteiger partial charge < -0.3 is 15.6 Å². The van der Waals surface area contributed by atoms with E-state index in [1.807, 2.05) is 42.5 Å². The fraction of sp³-hybridized carbons (Fsp3) is 0.515. The Morgan fingerprint density at radius 2 is 1.50 bits per heavy atom. The summed E-state index contributed by atoms with van der Waals surface area (Å²) in [6.07, 6.45) is 10.9.